The van der Waals surface area contributed by atoms with Gasteiger partial charge >= 0.3 is 6.18 Å². The van der Waals surface area contributed by atoms with Crippen LogP contribution >= 0.6 is 24.0 Å². The lowest BCUT2D eigenvalue weighted by molar-refractivity contribution is -0.137. The number of rotatable bonds is 6. The quantitative estimate of drug-likeness (QED) is 0.483. The Kier molecular flexibility index (Phi) is 7.01. The van der Waals surface area contributed by atoms with Crippen LogP contribution < -0.4 is 10.1 Å². The minimum atomic E-state index is -4.52. The molecule has 0 bridgehead atoms. The van der Waals surface area contributed by atoms with E-state index in [1.165, 1.54) is 12.1 Å². The summed E-state index contributed by atoms with van der Waals surface area (Å²) < 4.78 is 44.0. The van der Waals surface area contributed by atoms with Crippen molar-refractivity contribution in [1.82, 2.24) is 4.90 Å². The fourth-order valence-corrected chi connectivity index (χ4v) is 3.99. The average molecular weight is 467 g/mol. The third-order valence-corrected chi connectivity index (χ3v) is 5.52. The molecule has 1 aliphatic rings. The highest BCUT2D eigenvalue weighted by molar-refractivity contribution is 8.26. The predicted octanol–water partition coefficient (Wildman–Crippen LogP) is 4.94. The Morgan fingerprint density at radius 3 is 2.58 bits per heavy atom. The van der Waals surface area contributed by atoms with Gasteiger partial charge in [-0.1, -0.05) is 42.2 Å². The number of benzene rings is 2. The van der Waals surface area contributed by atoms with Crippen LogP contribution in [0.25, 0.3) is 6.08 Å². The fraction of sp³-hybridized carbons (Fsp3) is 0.190. The smallest absolute Gasteiger partial charge is 0.416 e. The average Bonchev–Trinajstić information content (AvgIpc) is 2.96. The van der Waals surface area contributed by atoms with Gasteiger partial charge in [-0.3, -0.25) is 14.5 Å². The SMILES string of the molecule is CCOc1ccc(C=C2SC(=S)N(CC(=O)Nc3cccc(C(F)(F)F)c3)C2=O)cc1. The number of nitrogens with zero attached hydrogens (tertiary/aromatic N) is 1. The van der Waals surface area contributed by atoms with Crippen LogP contribution in [0.5, 0.6) is 5.75 Å². The number of nitrogens with one attached hydrogen (secondary N) is 1. The minimum absolute atomic E-state index is 0.0183. The first-order chi connectivity index (χ1) is 14.7. The molecule has 162 valence electrons. The van der Waals surface area contributed by atoms with Crippen LogP contribution in [0, 0.1) is 0 Å². The van der Waals surface area contributed by atoms with Crippen LogP contribution in [-0.2, 0) is 15.8 Å². The summed E-state index contributed by atoms with van der Waals surface area (Å²) in [4.78, 5) is 26.4. The summed E-state index contributed by atoms with van der Waals surface area (Å²) in [5.74, 6) is -0.389. The fourth-order valence-electron chi connectivity index (χ4n) is 2.73. The van der Waals surface area contributed by atoms with E-state index in [9.17, 15) is 22.8 Å². The summed E-state index contributed by atoms with van der Waals surface area (Å²) in [5, 5.41) is 2.37. The molecule has 0 aromatic heterocycles. The zero-order chi connectivity index (χ0) is 22.6. The monoisotopic (exact) mass is 466 g/mol. The second-order valence-corrected chi connectivity index (χ2v) is 8.07. The lowest BCUT2D eigenvalue weighted by Crippen LogP contribution is -2.36. The van der Waals surface area contributed by atoms with E-state index in [0.717, 1.165) is 34.4 Å². The molecule has 2 aromatic carbocycles. The molecule has 2 amide bonds. The maximum Gasteiger partial charge on any atom is 0.416 e. The van der Waals surface area contributed by atoms with E-state index >= 15 is 0 Å². The van der Waals surface area contributed by atoms with Crippen LogP contribution in [0.1, 0.15) is 18.1 Å². The van der Waals surface area contributed by atoms with Crippen molar-refractivity contribution in [1.29, 1.82) is 0 Å². The molecule has 0 radical (unpaired) electrons. The molecular formula is C21H17F3N2O3S2. The highest BCUT2D eigenvalue weighted by atomic mass is 32.2. The van der Waals surface area contributed by atoms with E-state index in [0.29, 0.717) is 17.3 Å². The Morgan fingerprint density at radius 2 is 1.94 bits per heavy atom. The second kappa shape index (κ2) is 9.52. The van der Waals surface area contributed by atoms with Gasteiger partial charge in [0.15, 0.2) is 0 Å². The zero-order valence-corrected chi connectivity index (χ0v) is 17.9. The maximum atomic E-state index is 12.8. The van der Waals surface area contributed by atoms with Crippen LogP contribution in [0.15, 0.2) is 53.4 Å². The number of thiocarbonyl (C=S) groups is 1. The van der Waals surface area contributed by atoms with Gasteiger partial charge in [-0.15, -0.1) is 0 Å². The van der Waals surface area contributed by atoms with E-state index < -0.39 is 30.1 Å². The van der Waals surface area contributed by atoms with Crippen LogP contribution in [0.2, 0.25) is 0 Å². The minimum Gasteiger partial charge on any atom is -0.494 e. The first-order valence-corrected chi connectivity index (χ1v) is 10.3. The van der Waals surface area contributed by atoms with Crippen molar-refractivity contribution in [3.8, 4) is 5.75 Å². The molecule has 0 spiro atoms. The van der Waals surface area contributed by atoms with Gasteiger partial charge in [0.2, 0.25) is 5.91 Å². The van der Waals surface area contributed by atoms with Crippen molar-refractivity contribution in [2.24, 2.45) is 0 Å². The van der Waals surface area contributed by atoms with Gasteiger partial charge in [0.25, 0.3) is 5.91 Å². The van der Waals surface area contributed by atoms with Gasteiger partial charge in [0, 0.05) is 5.69 Å². The van der Waals surface area contributed by atoms with Crippen molar-refractivity contribution in [2.75, 3.05) is 18.5 Å². The summed E-state index contributed by atoms with van der Waals surface area (Å²) >= 11 is 6.25. The Bertz CT molecular complexity index is 1040. The molecule has 3 rings (SSSR count). The van der Waals surface area contributed by atoms with E-state index in [-0.39, 0.29) is 10.0 Å². The van der Waals surface area contributed by atoms with Crippen molar-refractivity contribution >= 4 is 51.9 Å². The molecule has 0 aliphatic carbocycles. The van der Waals surface area contributed by atoms with Crippen molar-refractivity contribution in [3.63, 3.8) is 0 Å². The summed E-state index contributed by atoms with van der Waals surface area (Å²) in [6.45, 7) is 2.02. The van der Waals surface area contributed by atoms with Crippen LogP contribution in [-0.4, -0.2) is 34.2 Å². The third kappa shape index (κ3) is 5.86. The number of carbonyl (C=O) groups excluding carboxylic acids is 2. The molecular weight excluding hydrogens is 449 g/mol. The lowest BCUT2D eigenvalue weighted by atomic mass is 10.2. The van der Waals surface area contributed by atoms with Gasteiger partial charge in [0.1, 0.15) is 16.6 Å². The van der Waals surface area contributed by atoms with Crippen molar-refractivity contribution in [2.45, 2.75) is 13.1 Å². The molecule has 1 aliphatic heterocycles. The Balaban J connectivity index is 1.66. The maximum absolute atomic E-state index is 12.8. The van der Waals surface area contributed by atoms with Gasteiger partial charge in [-0.25, -0.2) is 0 Å². The number of amides is 2. The molecule has 10 heteroatoms. The molecule has 0 saturated carbocycles. The highest BCUT2D eigenvalue weighted by Gasteiger charge is 2.34. The van der Waals surface area contributed by atoms with Gasteiger partial charge in [-0.2, -0.15) is 13.2 Å². The number of anilines is 1. The first kappa shape index (κ1) is 22.8. The van der Waals surface area contributed by atoms with Gasteiger partial charge < -0.3 is 10.1 Å². The summed E-state index contributed by atoms with van der Waals surface area (Å²) in [6.07, 6.45) is -2.87. The number of hydrogen-bond acceptors (Lipinski definition) is 5. The van der Waals surface area contributed by atoms with Crippen molar-refractivity contribution < 1.29 is 27.5 Å². The Labute approximate surface area is 186 Å². The number of thioether (sulfide) groups is 1. The molecule has 5 nitrogen and oxygen atoms in total. The summed E-state index contributed by atoms with van der Waals surface area (Å²) in [7, 11) is 0. The standard InChI is InChI=1S/C21H17F3N2O3S2/c1-2-29-16-8-6-13(7-9-16)10-17-19(28)26(20(30)31-17)12-18(27)25-15-5-3-4-14(11-15)21(22,23)24/h3-11H,2,12H2,1H3,(H,25,27). The molecule has 1 saturated heterocycles. The molecule has 1 heterocycles. The number of alkyl halides is 3. The zero-order valence-electron chi connectivity index (χ0n) is 16.2. The first-order valence-electron chi connectivity index (χ1n) is 9.12. The Hall–Kier alpha value is -2.85. The van der Waals surface area contributed by atoms with Crippen LogP contribution in [0.3, 0.4) is 0 Å². The topological polar surface area (TPSA) is 58.6 Å². The highest BCUT2D eigenvalue weighted by Crippen LogP contribution is 2.33. The molecule has 0 unspecified atom stereocenters. The molecule has 31 heavy (non-hydrogen) atoms. The van der Waals surface area contributed by atoms with Gasteiger partial charge in [0.05, 0.1) is 17.1 Å². The van der Waals surface area contributed by atoms with E-state index in [4.69, 9.17) is 17.0 Å². The molecule has 1 fully saturated rings. The number of hydrogen-bond donors (Lipinski definition) is 1. The molecule has 0 atom stereocenters. The second-order valence-electron chi connectivity index (χ2n) is 6.40. The predicted molar refractivity (Wildman–Crippen MR) is 118 cm³/mol. The largest absolute Gasteiger partial charge is 0.494 e. The lowest BCUT2D eigenvalue weighted by Gasteiger charge is -2.15. The number of ether oxygens (including phenoxy) is 1. The van der Waals surface area contributed by atoms with Gasteiger partial charge in [-0.05, 0) is 48.9 Å². The van der Waals surface area contributed by atoms with Crippen molar-refractivity contribution in [3.05, 3.63) is 64.6 Å². The Morgan fingerprint density at radius 1 is 1.23 bits per heavy atom. The summed E-state index contributed by atoms with van der Waals surface area (Å²) in [6, 6.07) is 11.4. The van der Waals surface area contributed by atoms with E-state index in [2.05, 4.69) is 5.32 Å². The van der Waals surface area contributed by atoms with E-state index in [1.807, 2.05) is 6.92 Å². The molecule has 2 aromatic rings. The number of carbonyl (C=O) groups is 2. The molecule has 1 N–H and O–H groups in total. The number of halogens is 3. The van der Waals surface area contributed by atoms with E-state index in [1.54, 1.807) is 30.3 Å². The third-order valence-electron chi connectivity index (χ3n) is 4.14. The summed E-state index contributed by atoms with van der Waals surface area (Å²) in [5.41, 5.74) is -0.137. The normalized spacial score (nSPS) is 15.5. The van der Waals surface area contributed by atoms with Crippen LogP contribution in [0.4, 0.5) is 18.9 Å².